The number of rotatable bonds is 3. The number of hydrazine groups is 1. The molecule has 0 amide bonds. The molecule has 0 aliphatic carbocycles. The topological polar surface area (TPSA) is 38.0 Å². The number of hydrogen-bond acceptors (Lipinski definition) is 3. The van der Waals surface area contributed by atoms with Gasteiger partial charge in [-0.25, -0.2) is 9.82 Å². The minimum Gasteiger partial charge on any atom is -0.271 e. The van der Waals surface area contributed by atoms with Crippen molar-refractivity contribution in [1.82, 2.24) is 5.43 Å². The van der Waals surface area contributed by atoms with Gasteiger partial charge in [0.05, 0.1) is 11.1 Å². The highest BCUT2D eigenvalue weighted by Crippen LogP contribution is 2.34. The van der Waals surface area contributed by atoms with Crippen molar-refractivity contribution in [1.29, 1.82) is 0 Å². The van der Waals surface area contributed by atoms with E-state index in [1.807, 2.05) is 11.4 Å². The van der Waals surface area contributed by atoms with Crippen molar-refractivity contribution in [3.8, 4) is 0 Å². The van der Waals surface area contributed by atoms with E-state index < -0.39 is 11.9 Å². The van der Waals surface area contributed by atoms with Gasteiger partial charge >= 0.3 is 0 Å². The summed E-state index contributed by atoms with van der Waals surface area (Å²) in [5.74, 6) is 5.06. The van der Waals surface area contributed by atoms with Gasteiger partial charge in [0.2, 0.25) is 0 Å². The van der Waals surface area contributed by atoms with Gasteiger partial charge in [-0.05, 0) is 33.4 Å². The summed E-state index contributed by atoms with van der Waals surface area (Å²) in [7, 11) is 0. The maximum absolute atomic E-state index is 13.9. The summed E-state index contributed by atoms with van der Waals surface area (Å²) < 4.78 is 14.8. The van der Waals surface area contributed by atoms with Crippen LogP contribution in [0.3, 0.4) is 0 Å². The summed E-state index contributed by atoms with van der Waals surface area (Å²) in [4.78, 5) is 0.911. The first-order valence-electron chi connectivity index (χ1n) is 4.78. The molecule has 1 aromatic carbocycles. The summed E-state index contributed by atoms with van der Waals surface area (Å²) in [5.41, 5.74) is 3.04. The lowest BCUT2D eigenvalue weighted by atomic mass is 10.1. The summed E-state index contributed by atoms with van der Waals surface area (Å²) in [6, 6.07) is 6.36. The molecule has 1 heterocycles. The van der Waals surface area contributed by atoms with Crippen molar-refractivity contribution < 1.29 is 4.39 Å². The largest absolute Gasteiger partial charge is 0.271 e. The van der Waals surface area contributed by atoms with E-state index in [0.29, 0.717) is 5.56 Å². The van der Waals surface area contributed by atoms with Crippen LogP contribution in [-0.4, -0.2) is 0 Å². The zero-order valence-electron chi connectivity index (χ0n) is 8.58. The SMILES string of the molecule is NNC(c1cccc(Cl)c1F)c1sccc1Br. The van der Waals surface area contributed by atoms with Crippen LogP contribution in [0.4, 0.5) is 4.39 Å². The minimum atomic E-state index is -0.447. The van der Waals surface area contributed by atoms with Crippen LogP contribution in [0.15, 0.2) is 34.1 Å². The zero-order chi connectivity index (χ0) is 12.4. The van der Waals surface area contributed by atoms with Crippen LogP contribution >= 0.6 is 38.9 Å². The number of thiophene rings is 1. The molecule has 1 atom stereocenters. The third kappa shape index (κ3) is 2.53. The number of nitrogens with one attached hydrogen (secondary N) is 1. The highest BCUT2D eigenvalue weighted by Gasteiger charge is 2.21. The summed E-state index contributed by atoms with van der Waals surface area (Å²) >= 11 is 10.7. The first kappa shape index (κ1) is 13.0. The van der Waals surface area contributed by atoms with E-state index >= 15 is 0 Å². The van der Waals surface area contributed by atoms with Gasteiger partial charge in [-0.2, -0.15) is 0 Å². The Hall–Kier alpha value is -0.460. The first-order chi connectivity index (χ1) is 8.15. The van der Waals surface area contributed by atoms with E-state index in [-0.39, 0.29) is 5.02 Å². The molecule has 0 bridgehead atoms. The molecule has 0 saturated carbocycles. The van der Waals surface area contributed by atoms with Crippen molar-refractivity contribution in [2.45, 2.75) is 6.04 Å². The molecule has 1 aromatic heterocycles. The molecule has 0 aliphatic rings. The van der Waals surface area contributed by atoms with E-state index in [2.05, 4.69) is 21.4 Å². The fourth-order valence-electron chi connectivity index (χ4n) is 1.56. The molecule has 90 valence electrons. The Morgan fingerprint density at radius 2 is 2.18 bits per heavy atom. The second-order valence-electron chi connectivity index (χ2n) is 3.38. The Morgan fingerprint density at radius 1 is 1.41 bits per heavy atom. The zero-order valence-corrected chi connectivity index (χ0v) is 11.7. The maximum Gasteiger partial charge on any atom is 0.146 e. The van der Waals surface area contributed by atoms with Crippen LogP contribution < -0.4 is 11.3 Å². The molecule has 0 radical (unpaired) electrons. The van der Waals surface area contributed by atoms with E-state index in [1.54, 1.807) is 12.1 Å². The van der Waals surface area contributed by atoms with Gasteiger partial charge in [0.1, 0.15) is 5.82 Å². The lowest BCUT2D eigenvalue weighted by Gasteiger charge is -2.16. The predicted octanol–water partition coefficient (Wildman–Crippen LogP) is 3.86. The normalized spacial score (nSPS) is 12.7. The lowest BCUT2D eigenvalue weighted by molar-refractivity contribution is 0.564. The van der Waals surface area contributed by atoms with Crippen molar-refractivity contribution in [3.63, 3.8) is 0 Å². The van der Waals surface area contributed by atoms with Gasteiger partial charge in [-0.3, -0.25) is 5.84 Å². The van der Waals surface area contributed by atoms with Crippen LogP contribution in [0.1, 0.15) is 16.5 Å². The van der Waals surface area contributed by atoms with Gasteiger partial charge < -0.3 is 0 Å². The van der Waals surface area contributed by atoms with Crippen LogP contribution in [-0.2, 0) is 0 Å². The quantitative estimate of drug-likeness (QED) is 0.660. The van der Waals surface area contributed by atoms with Gasteiger partial charge in [-0.1, -0.05) is 23.7 Å². The van der Waals surface area contributed by atoms with Crippen LogP contribution in [0.2, 0.25) is 5.02 Å². The molecule has 6 heteroatoms. The van der Waals surface area contributed by atoms with E-state index in [0.717, 1.165) is 9.35 Å². The van der Waals surface area contributed by atoms with Gasteiger partial charge in [0, 0.05) is 14.9 Å². The Bertz CT molecular complexity index is 532. The highest BCUT2D eigenvalue weighted by atomic mass is 79.9. The molecule has 2 nitrogen and oxygen atoms in total. The number of hydrogen-bond donors (Lipinski definition) is 2. The Kier molecular flexibility index (Phi) is 4.17. The summed E-state index contributed by atoms with van der Waals surface area (Å²) in [6.07, 6.45) is 0. The molecule has 0 spiro atoms. The second-order valence-corrected chi connectivity index (χ2v) is 5.58. The molecular formula is C11H9BrClFN2S. The maximum atomic E-state index is 13.9. The third-order valence-corrected chi connectivity index (χ3v) is 4.59. The minimum absolute atomic E-state index is 0.0930. The fraction of sp³-hybridized carbons (Fsp3) is 0.0909. The van der Waals surface area contributed by atoms with Crippen molar-refractivity contribution in [3.05, 3.63) is 55.4 Å². The summed E-state index contributed by atoms with van der Waals surface area (Å²) in [6.45, 7) is 0. The fourth-order valence-corrected chi connectivity index (χ4v) is 3.42. The molecule has 0 aliphatic heterocycles. The average molecular weight is 336 g/mol. The van der Waals surface area contributed by atoms with Gasteiger partial charge in [0.15, 0.2) is 0 Å². The highest BCUT2D eigenvalue weighted by molar-refractivity contribution is 9.10. The molecule has 0 saturated heterocycles. The molecule has 0 fully saturated rings. The molecule has 17 heavy (non-hydrogen) atoms. The molecule has 2 aromatic rings. The predicted molar refractivity (Wildman–Crippen MR) is 72.6 cm³/mol. The van der Waals surface area contributed by atoms with Crippen molar-refractivity contribution >= 4 is 38.9 Å². The Balaban J connectivity index is 2.50. The van der Waals surface area contributed by atoms with Crippen molar-refractivity contribution in [2.24, 2.45) is 5.84 Å². The molecule has 2 rings (SSSR count). The smallest absolute Gasteiger partial charge is 0.146 e. The van der Waals surface area contributed by atoms with Crippen LogP contribution in [0.5, 0.6) is 0 Å². The van der Waals surface area contributed by atoms with Crippen LogP contribution in [0, 0.1) is 5.82 Å². The average Bonchev–Trinajstić information content (AvgIpc) is 2.72. The van der Waals surface area contributed by atoms with E-state index in [9.17, 15) is 4.39 Å². The van der Waals surface area contributed by atoms with Gasteiger partial charge in [0.25, 0.3) is 0 Å². The monoisotopic (exact) mass is 334 g/mol. The molecule has 1 unspecified atom stereocenters. The Morgan fingerprint density at radius 3 is 2.76 bits per heavy atom. The summed E-state index contributed by atoms with van der Waals surface area (Å²) in [5, 5.41) is 2.00. The number of nitrogens with two attached hydrogens (primary N) is 1. The number of halogens is 3. The Labute approximate surface area is 116 Å². The molecular weight excluding hydrogens is 327 g/mol. The van der Waals surface area contributed by atoms with Crippen LogP contribution in [0.25, 0.3) is 0 Å². The molecule has 3 N–H and O–H groups in total. The van der Waals surface area contributed by atoms with E-state index in [4.69, 9.17) is 17.4 Å². The van der Waals surface area contributed by atoms with E-state index in [1.165, 1.54) is 17.4 Å². The first-order valence-corrected chi connectivity index (χ1v) is 6.83. The third-order valence-electron chi connectivity index (χ3n) is 2.37. The number of benzene rings is 1. The lowest BCUT2D eigenvalue weighted by Crippen LogP contribution is -2.29. The van der Waals surface area contributed by atoms with Crippen molar-refractivity contribution in [2.75, 3.05) is 0 Å². The standard InChI is InChI=1S/C11H9BrClFN2S/c12-7-4-5-17-11(7)10(16-15)6-2-1-3-8(13)9(6)14/h1-5,10,16H,15H2. The second kappa shape index (κ2) is 5.46. The van der Waals surface area contributed by atoms with Gasteiger partial charge in [-0.15, -0.1) is 11.3 Å².